The fourth-order valence-electron chi connectivity index (χ4n) is 3.11. The zero-order chi connectivity index (χ0) is 21.6. The normalized spacial score (nSPS) is 10.5. The Morgan fingerprint density at radius 3 is 2.55 bits per heavy atom. The summed E-state index contributed by atoms with van der Waals surface area (Å²) in [6.07, 6.45) is 1.42. The molecule has 0 atom stereocenters. The van der Waals surface area contributed by atoms with E-state index in [9.17, 15) is 9.18 Å². The van der Waals surface area contributed by atoms with Crippen molar-refractivity contribution in [3.05, 3.63) is 108 Å². The molecule has 6 heteroatoms. The van der Waals surface area contributed by atoms with Crippen molar-refractivity contribution in [1.29, 1.82) is 0 Å². The van der Waals surface area contributed by atoms with Gasteiger partial charge in [0.2, 0.25) is 0 Å². The zero-order valence-corrected chi connectivity index (χ0v) is 17.0. The summed E-state index contributed by atoms with van der Waals surface area (Å²) in [5.41, 5.74) is 4.74. The minimum atomic E-state index is -0.324. The van der Waals surface area contributed by atoms with Gasteiger partial charge >= 0.3 is 0 Å². The molecule has 3 aromatic carbocycles. The molecular formula is C25H21FN4O. The number of hydrogen-bond acceptors (Lipinski definition) is 4. The molecule has 0 saturated heterocycles. The topological polar surface area (TPSA) is 66.9 Å². The van der Waals surface area contributed by atoms with Crippen molar-refractivity contribution < 1.29 is 9.18 Å². The van der Waals surface area contributed by atoms with Crippen molar-refractivity contribution in [3.8, 4) is 11.3 Å². The van der Waals surface area contributed by atoms with Crippen molar-refractivity contribution in [2.45, 2.75) is 13.5 Å². The third-order valence-electron chi connectivity index (χ3n) is 4.76. The maximum absolute atomic E-state index is 13.5. The van der Waals surface area contributed by atoms with E-state index in [1.165, 1.54) is 24.0 Å². The average molecular weight is 412 g/mol. The Labute approximate surface area is 180 Å². The first-order valence-electron chi connectivity index (χ1n) is 9.86. The SMILES string of the molecule is Cc1ccc(CNC(=O)c2cccc(Nc3cc(-c4cccc(F)c4)ncn3)c2)cc1. The Morgan fingerprint density at radius 2 is 1.74 bits per heavy atom. The van der Waals surface area contributed by atoms with E-state index in [0.717, 1.165) is 5.56 Å². The van der Waals surface area contributed by atoms with Crippen molar-refractivity contribution in [3.63, 3.8) is 0 Å². The van der Waals surface area contributed by atoms with Crippen LogP contribution in [0.1, 0.15) is 21.5 Å². The number of aryl methyl sites for hydroxylation is 1. The number of halogens is 1. The Morgan fingerprint density at radius 1 is 0.935 bits per heavy atom. The first-order valence-corrected chi connectivity index (χ1v) is 9.86. The quantitative estimate of drug-likeness (QED) is 0.453. The molecule has 0 aliphatic heterocycles. The standard InChI is InChI=1S/C25H21FN4O/c1-17-8-10-18(11-9-17)15-27-25(31)20-5-3-7-22(13-20)30-24-14-23(28-16-29-24)19-4-2-6-21(26)12-19/h2-14,16H,15H2,1H3,(H,27,31)(H,28,29,30). The van der Waals surface area contributed by atoms with Crippen molar-refractivity contribution in [1.82, 2.24) is 15.3 Å². The molecule has 0 radical (unpaired) electrons. The smallest absolute Gasteiger partial charge is 0.251 e. The molecule has 4 aromatic rings. The fourth-order valence-corrected chi connectivity index (χ4v) is 3.11. The fraction of sp³-hybridized carbons (Fsp3) is 0.0800. The maximum atomic E-state index is 13.5. The third kappa shape index (κ3) is 5.30. The van der Waals surface area contributed by atoms with Crippen LogP contribution in [0.15, 0.2) is 85.2 Å². The minimum absolute atomic E-state index is 0.160. The molecule has 0 aliphatic carbocycles. The predicted octanol–water partition coefficient (Wildman–Crippen LogP) is 5.26. The maximum Gasteiger partial charge on any atom is 0.251 e. The van der Waals surface area contributed by atoms with Crippen molar-refractivity contribution in [2.75, 3.05) is 5.32 Å². The molecule has 0 fully saturated rings. The van der Waals surface area contributed by atoms with Crippen molar-refractivity contribution in [2.24, 2.45) is 0 Å². The van der Waals surface area contributed by atoms with Gasteiger partial charge in [0.1, 0.15) is 18.0 Å². The molecule has 1 amide bonds. The number of nitrogens with one attached hydrogen (secondary N) is 2. The second kappa shape index (κ2) is 9.17. The van der Waals surface area contributed by atoms with E-state index < -0.39 is 0 Å². The van der Waals surface area contributed by atoms with E-state index in [0.29, 0.717) is 34.9 Å². The Kier molecular flexibility index (Phi) is 5.98. The van der Waals surface area contributed by atoms with Crippen LogP contribution in [0.5, 0.6) is 0 Å². The lowest BCUT2D eigenvalue weighted by molar-refractivity contribution is 0.0951. The van der Waals surface area contributed by atoms with Gasteiger partial charge in [0.15, 0.2) is 0 Å². The van der Waals surface area contributed by atoms with E-state index in [1.54, 1.807) is 36.4 Å². The molecule has 4 rings (SSSR count). The minimum Gasteiger partial charge on any atom is -0.348 e. The number of anilines is 2. The molecule has 1 heterocycles. The lowest BCUT2D eigenvalue weighted by atomic mass is 10.1. The molecule has 0 bridgehead atoms. The third-order valence-corrected chi connectivity index (χ3v) is 4.76. The zero-order valence-electron chi connectivity index (χ0n) is 17.0. The van der Waals surface area contributed by atoms with Crippen LogP contribution in [-0.2, 0) is 6.54 Å². The molecule has 0 saturated carbocycles. The second-order valence-electron chi connectivity index (χ2n) is 7.17. The van der Waals surface area contributed by atoms with Gasteiger partial charge < -0.3 is 10.6 Å². The van der Waals surface area contributed by atoms with Crippen LogP contribution in [-0.4, -0.2) is 15.9 Å². The molecule has 2 N–H and O–H groups in total. The van der Waals surface area contributed by atoms with E-state index in [-0.39, 0.29) is 11.7 Å². The van der Waals surface area contributed by atoms with Gasteiger partial charge in [0.25, 0.3) is 5.91 Å². The molecule has 154 valence electrons. The highest BCUT2D eigenvalue weighted by atomic mass is 19.1. The van der Waals surface area contributed by atoms with Gasteiger partial charge in [-0.1, -0.05) is 48.0 Å². The summed E-state index contributed by atoms with van der Waals surface area (Å²) in [5.74, 6) is 0.0637. The number of nitrogens with zero attached hydrogens (tertiary/aromatic N) is 2. The molecule has 1 aromatic heterocycles. The number of benzene rings is 3. The van der Waals surface area contributed by atoms with Gasteiger partial charge in [0, 0.05) is 29.4 Å². The summed E-state index contributed by atoms with van der Waals surface area (Å²) >= 11 is 0. The van der Waals surface area contributed by atoms with Crippen LogP contribution in [0.2, 0.25) is 0 Å². The summed E-state index contributed by atoms with van der Waals surface area (Å²) < 4.78 is 13.5. The van der Waals surface area contributed by atoms with Gasteiger partial charge in [0.05, 0.1) is 5.69 Å². The molecular weight excluding hydrogens is 391 g/mol. The predicted molar refractivity (Wildman–Crippen MR) is 119 cm³/mol. The van der Waals surface area contributed by atoms with E-state index in [1.807, 2.05) is 37.3 Å². The average Bonchev–Trinajstić information content (AvgIpc) is 2.79. The van der Waals surface area contributed by atoms with E-state index >= 15 is 0 Å². The van der Waals surface area contributed by atoms with Crippen LogP contribution in [0.25, 0.3) is 11.3 Å². The summed E-state index contributed by atoms with van der Waals surface area (Å²) in [4.78, 5) is 21.0. The second-order valence-corrected chi connectivity index (χ2v) is 7.17. The van der Waals surface area contributed by atoms with Crippen LogP contribution in [0, 0.1) is 12.7 Å². The Balaban J connectivity index is 1.45. The highest BCUT2D eigenvalue weighted by Crippen LogP contribution is 2.22. The number of hydrogen-bond donors (Lipinski definition) is 2. The highest BCUT2D eigenvalue weighted by molar-refractivity contribution is 5.95. The van der Waals surface area contributed by atoms with Crippen LogP contribution < -0.4 is 10.6 Å². The lowest BCUT2D eigenvalue weighted by Crippen LogP contribution is -2.22. The van der Waals surface area contributed by atoms with Crippen LogP contribution >= 0.6 is 0 Å². The first-order chi connectivity index (χ1) is 15.1. The number of carbonyl (C=O) groups excluding carboxylic acids is 1. The Bertz CT molecular complexity index is 1210. The summed E-state index contributed by atoms with van der Waals surface area (Å²) in [6.45, 7) is 2.49. The lowest BCUT2D eigenvalue weighted by Gasteiger charge is -2.10. The van der Waals surface area contributed by atoms with E-state index in [4.69, 9.17) is 0 Å². The van der Waals surface area contributed by atoms with Gasteiger partial charge in [-0.25, -0.2) is 14.4 Å². The van der Waals surface area contributed by atoms with Crippen LogP contribution in [0.4, 0.5) is 15.9 Å². The summed E-state index contributed by atoms with van der Waals surface area (Å²) in [7, 11) is 0. The molecule has 0 aliphatic rings. The van der Waals surface area contributed by atoms with Gasteiger partial charge in [-0.05, 0) is 42.8 Å². The largest absolute Gasteiger partial charge is 0.348 e. The van der Waals surface area contributed by atoms with Gasteiger partial charge in [-0.3, -0.25) is 4.79 Å². The van der Waals surface area contributed by atoms with Crippen LogP contribution in [0.3, 0.4) is 0 Å². The number of amides is 1. The van der Waals surface area contributed by atoms with Crippen molar-refractivity contribution >= 4 is 17.4 Å². The molecule has 0 spiro atoms. The number of rotatable bonds is 6. The highest BCUT2D eigenvalue weighted by Gasteiger charge is 2.08. The molecule has 0 unspecified atom stereocenters. The summed E-state index contributed by atoms with van der Waals surface area (Å²) in [5, 5.41) is 6.11. The van der Waals surface area contributed by atoms with E-state index in [2.05, 4.69) is 20.6 Å². The Hall–Kier alpha value is -4.06. The van der Waals surface area contributed by atoms with Gasteiger partial charge in [-0.15, -0.1) is 0 Å². The number of carbonyl (C=O) groups is 1. The molecule has 5 nitrogen and oxygen atoms in total. The van der Waals surface area contributed by atoms with Gasteiger partial charge in [-0.2, -0.15) is 0 Å². The number of aromatic nitrogens is 2. The first kappa shape index (κ1) is 20.2. The monoisotopic (exact) mass is 412 g/mol. The summed E-state index contributed by atoms with van der Waals surface area (Å²) in [6, 6.07) is 23.2. The molecule has 31 heavy (non-hydrogen) atoms.